The highest BCUT2D eigenvalue weighted by Gasteiger charge is 2.16. The van der Waals surface area contributed by atoms with Gasteiger partial charge in [-0.1, -0.05) is 18.3 Å². The fourth-order valence-corrected chi connectivity index (χ4v) is 1.32. The van der Waals surface area contributed by atoms with Gasteiger partial charge < -0.3 is 15.1 Å². The monoisotopic (exact) mass is 238 g/mol. The normalized spacial score (nSPS) is 9.75. The van der Waals surface area contributed by atoms with E-state index in [2.05, 4.69) is 6.58 Å². The van der Waals surface area contributed by atoms with Crippen LogP contribution in [0.4, 0.5) is 0 Å². The summed E-state index contributed by atoms with van der Waals surface area (Å²) in [4.78, 5) is 13.9. The van der Waals surface area contributed by atoms with Gasteiger partial charge in [0.2, 0.25) is 0 Å². The molecule has 0 aromatic carbocycles. The lowest BCUT2D eigenvalue weighted by molar-refractivity contribution is 0.0746. The Hall–Kier alpha value is -1.62. The summed E-state index contributed by atoms with van der Waals surface area (Å²) in [5, 5.41) is 0. The average Bonchev–Trinajstić information content (AvgIpc) is 2.76. The zero-order chi connectivity index (χ0) is 12.0. The van der Waals surface area contributed by atoms with Gasteiger partial charge in [0.05, 0.1) is 11.3 Å². The molecule has 0 aliphatic heterocycles. The van der Waals surface area contributed by atoms with Crippen molar-refractivity contribution in [2.75, 3.05) is 13.1 Å². The zero-order valence-electron chi connectivity index (χ0n) is 8.89. The van der Waals surface area contributed by atoms with E-state index in [9.17, 15) is 4.79 Å². The van der Waals surface area contributed by atoms with E-state index in [-0.39, 0.29) is 5.91 Å². The molecule has 2 N–H and O–H groups in total. The Bertz CT molecular complexity index is 373. The van der Waals surface area contributed by atoms with Crippen molar-refractivity contribution in [3.05, 3.63) is 36.8 Å². The van der Waals surface area contributed by atoms with Gasteiger partial charge in [-0.3, -0.25) is 4.79 Å². The number of carbonyl (C=O) groups excluding carboxylic acids is 1. The molecule has 86 valence electrons. The lowest BCUT2D eigenvalue weighted by Crippen LogP contribution is -2.33. The van der Waals surface area contributed by atoms with Gasteiger partial charge in [-0.15, -0.1) is 6.58 Å². The van der Waals surface area contributed by atoms with Crippen LogP contribution in [0.5, 0.6) is 0 Å². The summed E-state index contributed by atoms with van der Waals surface area (Å²) in [7, 11) is 0. The largest absolute Gasteiger partial charge is 0.459 e. The predicted octanol–water partition coefficient (Wildman–Crippen LogP) is 1.58. The summed E-state index contributed by atoms with van der Waals surface area (Å²) < 4.78 is 5.04. The minimum atomic E-state index is -0.179. The van der Waals surface area contributed by atoms with Crippen LogP contribution >= 0.6 is 12.2 Å². The van der Waals surface area contributed by atoms with Crippen LogP contribution in [0.1, 0.15) is 17.0 Å². The predicted molar refractivity (Wildman–Crippen MR) is 66.2 cm³/mol. The summed E-state index contributed by atoms with van der Waals surface area (Å²) in [5.41, 5.74) is 5.40. The number of thiocarbonyl (C=S) groups is 1. The van der Waals surface area contributed by atoms with E-state index in [0.29, 0.717) is 30.3 Å². The Morgan fingerprint density at radius 1 is 1.69 bits per heavy atom. The molecule has 0 atom stereocenters. The highest BCUT2D eigenvalue weighted by molar-refractivity contribution is 7.80. The highest BCUT2D eigenvalue weighted by atomic mass is 32.1. The first-order valence-electron chi connectivity index (χ1n) is 4.87. The van der Waals surface area contributed by atoms with Gasteiger partial charge in [0.25, 0.3) is 5.91 Å². The maximum absolute atomic E-state index is 11.9. The Morgan fingerprint density at radius 2 is 2.44 bits per heavy atom. The third-order valence-electron chi connectivity index (χ3n) is 2.00. The molecule has 0 unspecified atom stereocenters. The van der Waals surface area contributed by atoms with E-state index < -0.39 is 0 Å². The summed E-state index contributed by atoms with van der Waals surface area (Å²) in [6.45, 7) is 4.52. The van der Waals surface area contributed by atoms with Crippen molar-refractivity contribution in [1.29, 1.82) is 0 Å². The lowest BCUT2D eigenvalue weighted by atomic mass is 10.3. The van der Waals surface area contributed by atoms with Crippen molar-refractivity contribution in [1.82, 2.24) is 4.90 Å². The van der Waals surface area contributed by atoms with Crippen LogP contribution in [-0.4, -0.2) is 28.9 Å². The molecule has 4 nitrogen and oxygen atoms in total. The maximum Gasteiger partial charge on any atom is 0.289 e. The molecule has 0 saturated carbocycles. The van der Waals surface area contributed by atoms with E-state index in [4.69, 9.17) is 22.4 Å². The second kappa shape index (κ2) is 6.07. The molecule has 0 radical (unpaired) electrons. The van der Waals surface area contributed by atoms with Crippen molar-refractivity contribution in [2.24, 2.45) is 5.73 Å². The number of hydrogen-bond acceptors (Lipinski definition) is 3. The van der Waals surface area contributed by atoms with Gasteiger partial charge in [-0.2, -0.15) is 0 Å². The molecule has 0 aliphatic carbocycles. The number of nitrogens with zero attached hydrogens (tertiary/aromatic N) is 1. The Kier molecular flexibility index (Phi) is 4.72. The van der Waals surface area contributed by atoms with Gasteiger partial charge in [0.1, 0.15) is 0 Å². The molecule has 5 heteroatoms. The number of carbonyl (C=O) groups is 1. The van der Waals surface area contributed by atoms with E-state index in [1.807, 2.05) is 0 Å². The van der Waals surface area contributed by atoms with Gasteiger partial charge >= 0.3 is 0 Å². The van der Waals surface area contributed by atoms with Crippen LogP contribution < -0.4 is 5.73 Å². The molecule has 1 heterocycles. The first kappa shape index (κ1) is 12.4. The van der Waals surface area contributed by atoms with Crippen molar-refractivity contribution in [3.8, 4) is 0 Å². The fourth-order valence-electron chi connectivity index (χ4n) is 1.23. The molecule has 0 aliphatic rings. The molecule has 1 aromatic rings. The van der Waals surface area contributed by atoms with Crippen molar-refractivity contribution in [2.45, 2.75) is 6.42 Å². The first-order chi connectivity index (χ1) is 7.65. The van der Waals surface area contributed by atoms with E-state index in [1.165, 1.54) is 6.26 Å². The number of amides is 1. The molecule has 1 amide bonds. The second-order valence-corrected chi connectivity index (χ2v) is 3.76. The molecule has 0 saturated heterocycles. The minimum Gasteiger partial charge on any atom is -0.459 e. The van der Waals surface area contributed by atoms with Crippen LogP contribution in [0.15, 0.2) is 35.5 Å². The Balaban J connectivity index is 2.65. The molecular weight excluding hydrogens is 224 g/mol. The SMILES string of the molecule is C=CCN(CCC(N)=S)C(=O)c1ccco1. The number of nitrogens with two attached hydrogens (primary N) is 1. The minimum absolute atomic E-state index is 0.179. The van der Waals surface area contributed by atoms with Crippen LogP contribution in [0.25, 0.3) is 0 Å². The molecular formula is C11H14N2O2S. The molecule has 1 aromatic heterocycles. The van der Waals surface area contributed by atoms with Gasteiger partial charge in [0.15, 0.2) is 5.76 Å². The fraction of sp³-hybridized carbons (Fsp3) is 0.273. The maximum atomic E-state index is 11.9. The van der Waals surface area contributed by atoms with Gasteiger partial charge in [-0.05, 0) is 12.1 Å². The number of rotatable bonds is 6. The Labute approximate surface area is 99.7 Å². The molecule has 0 spiro atoms. The first-order valence-corrected chi connectivity index (χ1v) is 5.28. The van der Waals surface area contributed by atoms with Crippen LogP contribution in [0.3, 0.4) is 0 Å². The quantitative estimate of drug-likeness (QED) is 0.604. The van der Waals surface area contributed by atoms with Crippen molar-refractivity contribution in [3.63, 3.8) is 0 Å². The molecule has 0 bridgehead atoms. The van der Waals surface area contributed by atoms with Gasteiger partial charge in [-0.25, -0.2) is 0 Å². The third kappa shape index (κ3) is 3.51. The number of furan rings is 1. The summed E-state index contributed by atoms with van der Waals surface area (Å²) >= 11 is 4.78. The standard InChI is InChI=1S/C11H14N2O2S/c1-2-6-13(7-5-10(12)16)11(14)9-4-3-8-15-9/h2-4,8H,1,5-7H2,(H2,12,16). The summed E-state index contributed by atoms with van der Waals surface area (Å²) in [6.07, 6.45) is 3.61. The van der Waals surface area contributed by atoms with E-state index in [1.54, 1.807) is 23.1 Å². The second-order valence-electron chi connectivity index (χ2n) is 3.23. The van der Waals surface area contributed by atoms with Crippen LogP contribution in [0, 0.1) is 0 Å². The molecule has 1 rings (SSSR count). The van der Waals surface area contributed by atoms with Crippen LogP contribution in [0.2, 0.25) is 0 Å². The summed E-state index contributed by atoms with van der Waals surface area (Å²) in [6, 6.07) is 3.30. The summed E-state index contributed by atoms with van der Waals surface area (Å²) in [5.74, 6) is 0.130. The van der Waals surface area contributed by atoms with Gasteiger partial charge in [0, 0.05) is 19.5 Å². The molecule has 0 fully saturated rings. The average molecular weight is 238 g/mol. The van der Waals surface area contributed by atoms with E-state index >= 15 is 0 Å². The smallest absolute Gasteiger partial charge is 0.289 e. The highest BCUT2D eigenvalue weighted by Crippen LogP contribution is 2.06. The number of hydrogen-bond donors (Lipinski definition) is 1. The van der Waals surface area contributed by atoms with E-state index in [0.717, 1.165) is 0 Å². The lowest BCUT2D eigenvalue weighted by Gasteiger charge is -2.19. The topological polar surface area (TPSA) is 59.5 Å². The van der Waals surface area contributed by atoms with Crippen molar-refractivity contribution >= 4 is 23.1 Å². The third-order valence-corrected chi connectivity index (χ3v) is 2.20. The van der Waals surface area contributed by atoms with Crippen molar-refractivity contribution < 1.29 is 9.21 Å². The Morgan fingerprint density at radius 3 is 2.94 bits per heavy atom. The zero-order valence-corrected chi connectivity index (χ0v) is 9.70. The molecule has 16 heavy (non-hydrogen) atoms. The van der Waals surface area contributed by atoms with Crippen LogP contribution in [-0.2, 0) is 0 Å².